The van der Waals surface area contributed by atoms with Crippen LogP contribution in [-0.4, -0.2) is 14.3 Å². The molecule has 0 unspecified atom stereocenters. The van der Waals surface area contributed by atoms with Gasteiger partial charge in [0.2, 0.25) is 0 Å². The van der Waals surface area contributed by atoms with E-state index in [4.69, 9.17) is 22.1 Å². The standard InChI is InChI=1S/C20H14ClN3O4S/c21-17-5-3-7-19(16(17)12-22)28-13-8-10-14(11-9-13)29(26,27)24-18-6-2-1-4-15(18)20(23)25/h1-11,24H,(H2,23,25). The lowest BCUT2D eigenvalue weighted by molar-refractivity contribution is 0.100. The summed E-state index contributed by atoms with van der Waals surface area (Å²) < 4.78 is 33.2. The van der Waals surface area contributed by atoms with Crippen molar-refractivity contribution in [3.8, 4) is 17.6 Å². The number of rotatable bonds is 6. The zero-order valence-corrected chi connectivity index (χ0v) is 16.4. The third kappa shape index (κ3) is 4.48. The van der Waals surface area contributed by atoms with Crippen LogP contribution in [0.3, 0.4) is 0 Å². The van der Waals surface area contributed by atoms with Gasteiger partial charge in [0, 0.05) is 0 Å². The van der Waals surface area contributed by atoms with E-state index in [1.54, 1.807) is 30.3 Å². The van der Waals surface area contributed by atoms with Gasteiger partial charge in [-0.05, 0) is 48.5 Å². The van der Waals surface area contributed by atoms with Crippen molar-refractivity contribution in [2.24, 2.45) is 5.73 Å². The monoisotopic (exact) mass is 427 g/mol. The highest BCUT2D eigenvalue weighted by Gasteiger charge is 2.18. The highest BCUT2D eigenvalue weighted by molar-refractivity contribution is 7.92. The number of halogens is 1. The molecule has 7 nitrogen and oxygen atoms in total. The number of hydrogen-bond acceptors (Lipinski definition) is 5. The molecule has 29 heavy (non-hydrogen) atoms. The summed E-state index contributed by atoms with van der Waals surface area (Å²) in [4.78, 5) is 11.4. The van der Waals surface area contributed by atoms with Gasteiger partial charge < -0.3 is 10.5 Å². The van der Waals surface area contributed by atoms with E-state index in [9.17, 15) is 18.5 Å². The number of amides is 1. The van der Waals surface area contributed by atoms with Gasteiger partial charge in [-0.1, -0.05) is 29.8 Å². The minimum atomic E-state index is -3.97. The van der Waals surface area contributed by atoms with Crippen LogP contribution < -0.4 is 15.2 Å². The average Bonchev–Trinajstić information content (AvgIpc) is 2.68. The Balaban J connectivity index is 1.84. The average molecular weight is 428 g/mol. The maximum Gasteiger partial charge on any atom is 0.261 e. The van der Waals surface area contributed by atoms with Gasteiger partial charge in [0.25, 0.3) is 15.9 Å². The molecule has 3 aromatic carbocycles. The molecule has 0 bridgehead atoms. The molecular formula is C20H14ClN3O4S. The molecule has 0 saturated carbocycles. The van der Waals surface area contributed by atoms with Crippen LogP contribution in [0.4, 0.5) is 5.69 Å². The Labute approximate surface area is 172 Å². The number of sulfonamides is 1. The SMILES string of the molecule is N#Cc1c(Cl)cccc1Oc1ccc(S(=O)(=O)Nc2ccccc2C(N)=O)cc1. The molecule has 0 fully saturated rings. The fourth-order valence-corrected chi connectivity index (χ4v) is 3.79. The van der Waals surface area contributed by atoms with Crippen LogP contribution >= 0.6 is 11.6 Å². The zero-order chi connectivity index (χ0) is 21.0. The first-order valence-electron chi connectivity index (χ1n) is 8.20. The summed E-state index contributed by atoms with van der Waals surface area (Å²) in [5, 5.41) is 9.45. The van der Waals surface area contributed by atoms with Crippen LogP contribution in [0.2, 0.25) is 5.02 Å². The van der Waals surface area contributed by atoms with Gasteiger partial charge in [-0.3, -0.25) is 9.52 Å². The van der Waals surface area contributed by atoms with Crippen molar-refractivity contribution in [3.05, 3.63) is 82.9 Å². The second kappa shape index (κ2) is 8.22. The van der Waals surface area contributed by atoms with Crippen molar-refractivity contribution in [1.82, 2.24) is 0 Å². The topological polar surface area (TPSA) is 122 Å². The quantitative estimate of drug-likeness (QED) is 0.617. The van der Waals surface area contributed by atoms with Gasteiger partial charge in [0.05, 0.1) is 21.2 Å². The van der Waals surface area contributed by atoms with E-state index in [1.807, 2.05) is 6.07 Å². The number of primary amides is 1. The molecule has 146 valence electrons. The molecule has 9 heteroatoms. The van der Waals surface area contributed by atoms with Crippen LogP contribution in [0.25, 0.3) is 0 Å². The lowest BCUT2D eigenvalue weighted by Gasteiger charge is -2.12. The van der Waals surface area contributed by atoms with Crippen molar-refractivity contribution in [2.45, 2.75) is 4.90 Å². The number of carbonyl (C=O) groups excluding carboxylic acids is 1. The molecule has 0 aromatic heterocycles. The fraction of sp³-hybridized carbons (Fsp3) is 0. The van der Waals surface area contributed by atoms with Crippen LogP contribution in [-0.2, 0) is 10.0 Å². The Bertz CT molecular complexity index is 1220. The first-order valence-corrected chi connectivity index (χ1v) is 10.1. The van der Waals surface area contributed by atoms with Gasteiger partial charge in [-0.15, -0.1) is 0 Å². The number of carbonyl (C=O) groups is 1. The van der Waals surface area contributed by atoms with Crippen LogP contribution in [0.5, 0.6) is 11.5 Å². The van der Waals surface area contributed by atoms with Crippen molar-refractivity contribution in [1.29, 1.82) is 5.26 Å². The van der Waals surface area contributed by atoms with Crippen LogP contribution in [0.15, 0.2) is 71.6 Å². The number of nitriles is 1. The lowest BCUT2D eigenvalue weighted by atomic mass is 10.2. The van der Waals surface area contributed by atoms with Crippen LogP contribution in [0.1, 0.15) is 15.9 Å². The molecule has 0 atom stereocenters. The summed E-state index contributed by atoms with van der Waals surface area (Å²) in [6, 6.07) is 18.3. The number of anilines is 1. The number of ether oxygens (including phenoxy) is 1. The summed E-state index contributed by atoms with van der Waals surface area (Å²) >= 11 is 5.97. The van der Waals surface area contributed by atoms with E-state index in [1.165, 1.54) is 36.4 Å². The first-order chi connectivity index (χ1) is 13.8. The highest BCUT2D eigenvalue weighted by atomic mass is 35.5. The molecule has 3 rings (SSSR count). The molecule has 0 aliphatic carbocycles. The minimum Gasteiger partial charge on any atom is -0.456 e. The largest absolute Gasteiger partial charge is 0.456 e. The molecule has 0 spiro atoms. The van der Waals surface area contributed by atoms with Crippen LogP contribution in [0, 0.1) is 11.3 Å². The number of para-hydroxylation sites is 1. The number of nitrogens with two attached hydrogens (primary N) is 1. The smallest absolute Gasteiger partial charge is 0.261 e. The number of hydrogen-bond donors (Lipinski definition) is 2. The maximum atomic E-state index is 12.6. The molecule has 3 aromatic rings. The molecule has 0 aliphatic heterocycles. The Morgan fingerprint density at radius 1 is 1.03 bits per heavy atom. The van der Waals surface area contributed by atoms with E-state index in [2.05, 4.69) is 4.72 Å². The van der Waals surface area contributed by atoms with E-state index in [-0.39, 0.29) is 32.5 Å². The Morgan fingerprint density at radius 2 is 1.72 bits per heavy atom. The molecule has 3 N–H and O–H groups in total. The third-order valence-corrected chi connectivity index (χ3v) is 5.58. The molecular weight excluding hydrogens is 414 g/mol. The summed E-state index contributed by atoms with van der Waals surface area (Å²) in [5.41, 5.74) is 5.59. The first kappa shape index (κ1) is 20.2. The molecule has 1 amide bonds. The number of benzene rings is 3. The van der Waals surface area contributed by atoms with Gasteiger partial charge in [0.1, 0.15) is 23.1 Å². The minimum absolute atomic E-state index is 0.0456. The molecule has 0 saturated heterocycles. The lowest BCUT2D eigenvalue weighted by Crippen LogP contribution is -2.18. The Kier molecular flexibility index (Phi) is 5.73. The van der Waals surface area contributed by atoms with Gasteiger partial charge in [-0.2, -0.15) is 5.26 Å². The number of nitrogens with zero attached hydrogens (tertiary/aromatic N) is 1. The molecule has 0 radical (unpaired) electrons. The highest BCUT2D eigenvalue weighted by Crippen LogP contribution is 2.30. The zero-order valence-electron chi connectivity index (χ0n) is 14.8. The van der Waals surface area contributed by atoms with Gasteiger partial charge in [0.15, 0.2) is 0 Å². The van der Waals surface area contributed by atoms with Crippen molar-refractivity contribution < 1.29 is 17.9 Å². The Hall–Kier alpha value is -3.54. The summed E-state index contributed by atoms with van der Waals surface area (Å²) in [6.07, 6.45) is 0. The number of nitrogens with one attached hydrogen (secondary N) is 1. The van der Waals surface area contributed by atoms with Gasteiger partial charge >= 0.3 is 0 Å². The van der Waals surface area contributed by atoms with E-state index in [0.29, 0.717) is 5.75 Å². The summed E-state index contributed by atoms with van der Waals surface area (Å²) in [7, 11) is -3.97. The second-order valence-corrected chi connectivity index (χ2v) is 7.90. The third-order valence-electron chi connectivity index (χ3n) is 3.89. The predicted octanol–water partition coefficient (Wildman–Crippen LogP) is 3.90. The van der Waals surface area contributed by atoms with Crippen molar-refractivity contribution in [3.63, 3.8) is 0 Å². The van der Waals surface area contributed by atoms with E-state index in [0.717, 1.165) is 0 Å². The predicted molar refractivity (Wildman–Crippen MR) is 108 cm³/mol. The van der Waals surface area contributed by atoms with E-state index >= 15 is 0 Å². The van der Waals surface area contributed by atoms with Gasteiger partial charge in [-0.25, -0.2) is 8.42 Å². The Morgan fingerprint density at radius 3 is 2.38 bits per heavy atom. The van der Waals surface area contributed by atoms with Crippen molar-refractivity contribution >= 4 is 33.2 Å². The summed E-state index contributed by atoms with van der Waals surface area (Å²) in [5.74, 6) is -0.175. The maximum absolute atomic E-state index is 12.6. The fourth-order valence-electron chi connectivity index (χ4n) is 2.50. The summed E-state index contributed by atoms with van der Waals surface area (Å²) in [6.45, 7) is 0. The second-order valence-electron chi connectivity index (χ2n) is 5.81. The molecule has 0 aliphatic rings. The van der Waals surface area contributed by atoms with E-state index < -0.39 is 15.9 Å². The normalized spacial score (nSPS) is 10.8. The van der Waals surface area contributed by atoms with Crippen molar-refractivity contribution in [2.75, 3.05) is 4.72 Å². The molecule has 0 heterocycles.